The van der Waals surface area contributed by atoms with Crippen LogP contribution < -0.4 is 11.5 Å². The topological polar surface area (TPSA) is 78.7 Å². The molecule has 0 aromatic rings. The van der Waals surface area contributed by atoms with Crippen LogP contribution in [0.4, 0.5) is 0 Å². The summed E-state index contributed by atoms with van der Waals surface area (Å²) in [5, 5.41) is 8.51. The monoisotopic (exact) mass is 260 g/mol. The van der Waals surface area contributed by atoms with Crippen LogP contribution in [-0.2, 0) is 0 Å². The fourth-order valence-corrected chi connectivity index (χ4v) is 2.12. The quantitative estimate of drug-likeness (QED) is 0.585. The minimum atomic E-state index is 0.230. The molecular weight excluding hydrogens is 228 g/mol. The van der Waals surface area contributed by atoms with Crippen LogP contribution in [0.15, 0.2) is 0 Å². The second-order valence-corrected chi connectivity index (χ2v) is 4.64. The summed E-state index contributed by atoms with van der Waals surface area (Å²) >= 11 is 0. The van der Waals surface area contributed by atoms with Gasteiger partial charge in [-0.1, -0.05) is 13.3 Å². The molecule has 110 valence electrons. The summed E-state index contributed by atoms with van der Waals surface area (Å²) in [7, 11) is 0. The Balaban J connectivity index is 0.000000321. The molecule has 1 aliphatic rings. The van der Waals surface area contributed by atoms with Crippen molar-refractivity contribution in [3.63, 3.8) is 0 Å². The maximum Gasteiger partial charge on any atom is 0.0558 e. The number of likely N-dealkylation sites (N-methyl/N-ethyl adjacent to an activating group) is 1. The molecule has 0 aromatic heterocycles. The zero-order valence-electron chi connectivity index (χ0n) is 12.0. The van der Waals surface area contributed by atoms with Gasteiger partial charge in [0.2, 0.25) is 0 Å². The average Bonchev–Trinajstić information content (AvgIpc) is 2.41. The summed E-state index contributed by atoms with van der Waals surface area (Å²) in [4.78, 5) is 4.56. The van der Waals surface area contributed by atoms with E-state index in [1.807, 2.05) is 0 Å². The van der Waals surface area contributed by atoms with E-state index in [2.05, 4.69) is 16.7 Å². The highest BCUT2D eigenvalue weighted by molar-refractivity contribution is 4.63. The van der Waals surface area contributed by atoms with Crippen molar-refractivity contribution in [3.05, 3.63) is 0 Å². The number of aliphatic hydroxyl groups excluding tert-OH is 1. The average molecular weight is 260 g/mol. The van der Waals surface area contributed by atoms with E-state index in [4.69, 9.17) is 16.6 Å². The molecule has 0 atom stereocenters. The first-order valence-electron chi connectivity index (χ1n) is 7.24. The molecule has 0 spiro atoms. The van der Waals surface area contributed by atoms with Crippen molar-refractivity contribution in [3.8, 4) is 0 Å². The second kappa shape index (κ2) is 13.2. The predicted octanol–water partition coefficient (Wildman–Crippen LogP) is -0.310. The number of nitrogens with two attached hydrogens (primary N) is 2. The summed E-state index contributed by atoms with van der Waals surface area (Å²) < 4.78 is 0. The van der Waals surface area contributed by atoms with Crippen molar-refractivity contribution in [2.24, 2.45) is 11.5 Å². The zero-order chi connectivity index (χ0) is 13.6. The van der Waals surface area contributed by atoms with Gasteiger partial charge in [0.05, 0.1) is 6.61 Å². The number of nitrogens with zero attached hydrogens (tertiary/aromatic N) is 2. The lowest BCUT2D eigenvalue weighted by Gasteiger charge is -2.25. The molecule has 5 heteroatoms. The number of likely N-dealkylation sites (tertiary alicyclic amines) is 1. The highest BCUT2D eigenvalue weighted by Crippen LogP contribution is 2.06. The number of piperidine rings is 1. The van der Waals surface area contributed by atoms with Gasteiger partial charge >= 0.3 is 0 Å². The van der Waals surface area contributed by atoms with E-state index in [-0.39, 0.29) is 6.61 Å². The maximum atomic E-state index is 8.51. The van der Waals surface area contributed by atoms with Crippen LogP contribution in [0.25, 0.3) is 0 Å². The lowest BCUT2D eigenvalue weighted by molar-refractivity contribution is 0.205. The smallest absolute Gasteiger partial charge is 0.0558 e. The molecular formula is C13H32N4O. The first kappa shape index (κ1) is 17.8. The summed E-state index contributed by atoms with van der Waals surface area (Å²) in [6.07, 6.45) is 4.17. The molecule has 1 heterocycles. The van der Waals surface area contributed by atoms with Gasteiger partial charge in [-0.15, -0.1) is 0 Å². The maximum absolute atomic E-state index is 8.51. The Bertz CT molecular complexity index is 146. The van der Waals surface area contributed by atoms with E-state index in [1.165, 1.54) is 32.4 Å². The lowest BCUT2D eigenvalue weighted by atomic mass is 10.1. The first-order valence-corrected chi connectivity index (χ1v) is 7.24. The Morgan fingerprint density at radius 2 is 1.72 bits per heavy atom. The van der Waals surface area contributed by atoms with Crippen molar-refractivity contribution >= 4 is 0 Å². The predicted molar refractivity (Wildman–Crippen MR) is 77.6 cm³/mol. The standard InChI is InChI=1S/C7H16N2.C6H16N2O/c8-4-7-9-5-2-1-3-6-9;1-2-8(4-3-7)5-6-9/h1-8H2;9H,2-7H2,1H3. The van der Waals surface area contributed by atoms with Gasteiger partial charge in [-0.2, -0.15) is 0 Å². The van der Waals surface area contributed by atoms with E-state index in [1.54, 1.807) is 0 Å². The third-order valence-corrected chi connectivity index (χ3v) is 3.20. The highest BCUT2D eigenvalue weighted by atomic mass is 16.3. The third kappa shape index (κ3) is 9.79. The minimum Gasteiger partial charge on any atom is -0.395 e. The fourth-order valence-electron chi connectivity index (χ4n) is 2.12. The third-order valence-electron chi connectivity index (χ3n) is 3.20. The molecule has 5 N–H and O–H groups in total. The lowest BCUT2D eigenvalue weighted by Crippen LogP contribution is -2.33. The second-order valence-electron chi connectivity index (χ2n) is 4.64. The van der Waals surface area contributed by atoms with Crippen molar-refractivity contribution in [1.82, 2.24) is 9.80 Å². The molecule has 1 rings (SSSR count). The van der Waals surface area contributed by atoms with Crippen LogP contribution in [0.3, 0.4) is 0 Å². The number of hydrogen-bond acceptors (Lipinski definition) is 5. The van der Waals surface area contributed by atoms with Gasteiger partial charge in [0.25, 0.3) is 0 Å². The van der Waals surface area contributed by atoms with Gasteiger partial charge in [-0.05, 0) is 32.5 Å². The molecule has 0 aromatic carbocycles. The van der Waals surface area contributed by atoms with E-state index in [0.717, 1.165) is 32.7 Å². The summed E-state index contributed by atoms with van der Waals surface area (Å²) in [5.74, 6) is 0. The van der Waals surface area contributed by atoms with Crippen molar-refractivity contribution < 1.29 is 5.11 Å². The van der Waals surface area contributed by atoms with E-state index in [9.17, 15) is 0 Å². The van der Waals surface area contributed by atoms with Gasteiger partial charge in [0, 0.05) is 32.7 Å². The summed E-state index contributed by atoms with van der Waals surface area (Å²) in [6, 6.07) is 0. The van der Waals surface area contributed by atoms with Crippen LogP contribution in [0.1, 0.15) is 26.2 Å². The Morgan fingerprint density at radius 3 is 2.17 bits per heavy atom. The molecule has 1 aliphatic heterocycles. The Kier molecular flexibility index (Phi) is 13.1. The van der Waals surface area contributed by atoms with Crippen LogP contribution >= 0.6 is 0 Å². The van der Waals surface area contributed by atoms with Gasteiger partial charge in [-0.3, -0.25) is 0 Å². The molecule has 0 unspecified atom stereocenters. The molecule has 18 heavy (non-hydrogen) atoms. The number of aliphatic hydroxyl groups is 1. The van der Waals surface area contributed by atoms with E-state index < -0.39 is 0 Å². The first-order chi connectivity index (χ1) is 8.78. The van der Waals surface area contributed by atoms with Gasteiger partial charge in [0.1, 0.15) is 0 Å². The Morgan fingerprint density at radius 1 is 1.06 bits per heavy atom. The Labute approximate surface area is 112 Å². The molecule has 1 saturated heterocycles. The van der Waals surface area contributed by atoms with Crippen molar-refractivity contribution in [1.29, 1.82) is 0 Å². The Hall–Kier alpha value is -0.200. The van der Waals surface area contributed by atoms with Crippen molar-refractivity contribution in [2.75, 3.05) is 59.0 Å². The molecule has 0 bridgehead atoms. The molecule has 0 saturated carbocycles. The zero-order valence-corrected chi connectivity index (χ0v) is 12.0. The van der Waals surface area contributed by atoms with Crippen molar-refractivity contribution in [2.45, 2.75) is 26.2 Å². The van der Waals surface area contributed by atoms with Crippen LogP contribution in [0.2, 0.25) is 0 Å². The molecule has 1 fully saturated rings. The number of hydrogen-bond donors (Lipinski definition) is 3. The van der Waals surface area contributed by atoms with Gasteiger partial charge < -0.3 is 26.4 Å². The molecule has 5 nitrogen and oxygen atoms in total. The normalized spacial score (nSPS) is 16.5. The SMILES string of the molecule is CCN(CCN)CCO.NCCN1CCCCC1. The van der Waals surface area contributed by atoms with Crippen LogP contribution in [0, 0.1) is 0 Å². The largest absolute Gasteiger partial charge is 0.395 e. The van der Waals surface area contributed by atoms with E-state index >= 15 is 0 Å². The molecule has 0 aliphatic carbocycles. The molecule has 0 amide bonds. The summed E-state index contributed by atoms with van der Waals surface area (Å²) in [6.45, 7) is 10.0. The van der Waals surface area contributed by atoms with Gasteiger partial charge in [0.15, 0.2) is 0 Å². The van der Waals surface area contributed by atoms with Crippen LogP contribution in [-0.4, -0.2) is 73.9 Å². The summed E-state index contributed by atoms with van der Waals surface area (Å²) in [5.41, 5.74) is 10.7. The van der Waals surface area contributed by atoms with Crippen LogP contribution in [0.5, 0.6) is 0 Å². The van der Waals surface area contributed by atoms with E-state index in [0.29, 0.717) is 6.54 Å². The van der Waals surface area contributed by atoms with Gasteiger partial charge in [-0.25, -0.2) is 0 Å². The number of rotatable bonds is 7. The molecule has 0 radical (unpaired) electrons. The minimum absolute atomic E-state index is 0.230. The fraction of sp³-hybridized carbons (Fsp3) is 1.00. The highest BCUT2D eigenvalue weighted by Gasteiger charge is 2.07.